The van der Waals surface area contributed by atoms with E-state index in [1.165, 1.54) is 0 Å². The smallest absolute Gasteiger partial charge is 0.356 e. The Morgan fingerprint density at radius 2 is 1.85 bits per heavy atom. The van der Waals surface area contributed by atoms with Crippen molar-refractivity contribution in [2.24, 2.45) is 0 Å². The Balaban J connectivity index is 0.000000406. The van der Waals surface area contributed by atoms with Crippen LogP contribution in [0.5, 0.6) is 11.5 Å². The van der Waals surface area contributed by atoms with Gasteiger partial charge in [-0.05, 0) is 25.0 Å². The Bertz CT molecular complexity index is 1130. The highest BCUT2D eigenvalue weighted by Crippen LogP contribution is 2.38. The maximum atomic E-state index is 12.4. The third kappa shape index (κ3) is 6.29. The number of nitrogens with zero attached hydrogens (tertiary/aromatic N) is 1. The van der Waals surface area contributed by atoms with Crippen molar-refractivity contribution >= 4 is 23.5 Å². The number of aliphatic carboxylic acids is 1. The molecule has 0 unspecified atom stereocenters. The zero-order valence-corrected chi connectivity index (χ0v) is 19.9. The van der Waals surface area contributed by atoms with E-state index in [2.05, 4.69) is 10.2 Å². The fourth-order valence-corrected chi connectivity index (χ4v) is 3.58. The van der Waals surface area contributed by atoms with E-state index in [1.807, 2.05) is 43.3 Å². The van der Waals surface area contributed by atoms with Crippen LogP contribution in [-0.2, 0) is 16.0 Å². The Kier molecular flexibility index (Phi) is 8.93. The van der Waals surface area contributed by atoms with Gasteiger partial charge in [-0.3, -0.25) is 9.89 Å². The number of carbonyl (C=O) groups excluding carboxylic acids is 1. The summed E-state index contributed by atoms with van der Waals surface area (Å²) >= 11 is 6.43. The molecule has 8 nitrogen and oxygen atoms in total. The van der Waals surface area contributed by atoms with Crippen molar-refractivity contribution in [2.45, 2.75) is 39.5 Å². The van der Waals surface area contributed by atoms with Gasteiger partial charge >= 0.3 is 11.9 Å². The molecular weight excluding hydrogens is 460 g/mol. The normalized spacial score (nSPS) is 11.5. The molecule has 0 saturated carbocycles. The van der Waals surface area contributed by atoms with Gasteiger partial charge in [0.2, 0.25) is 6.79 Å². The van der Waals surface area contributed by atoms with E-state index in [0.717, 1.165) is 29.5 Å². The fourth-order valence-electron chi connectivity index (χ4n) is 3.36. The molecule has 9 heteroatoms. The van der Waals surface area contributed by atoms with E-state index < -0.39 is 11.9 Å². The third-order valence-electron chi connectivity index (χ3n) is 5.05. The predicted molar refractivity (Wildman–Crippen MR) is 128 cm³/mol. The molecule has 1 aliphatic rings. The van der Waals surface area contributed by atoms with Gasteiger partial charge in [-0.25, -0.2) is 4.79 Å². The molecule has 0 amide bonds. The summed E-state index contributed by atoms with van der Waals surface area (Å²) in [5.74, 6) is 0.114. The summed E-state index contributed by atoms with van der Waals surface area (Å²) in [4.78, 5) is 22.2. The fraction of sp³-hybridized carbons (Fsp3) is 0.320. The highest BCUT2D eigenvalue weighted by molar-refractivity contribution is 6.31. The Hall–Kier alpha value is -3.52. The number of carbonyl (C=O) groups is 2. The third-order valence-corrected chi connectivity index (χ3v) is 5.40. The number of hydrogen-bond donors (Lipinski definition) is 2. The van der Waals surface area contributed by atoms with E-state index >= 15 is 0 Å². The number of unbranched alkanes of at least 4 members (excludes halogenated alkanes) is 1. The van der Waals surface area contributed by atoms with Crippen molar-refractivity contribution in [2.75, 3.05) is 13.4 Å². The Morgan fingerprint density at radius 3 is 2.47 bits per heavy atom. The lowest BCUT2D eigenvalue weighted by Crippen LogP contribution is -2.08. The first kappa shape index (κ1) is 25.1. The summed E-state index contributed by atoms with van der Waals surface area (Å²) < 4.78 is 16.0. The van der Waals surface area contributed by atoms with Crippen LogP contribution in [-0.4, -0.2) is 40.6 Å². The molecular formula is C25H27ClN2O6. The molecule has 4 rings (SSSR count). The van der Waals surface area contributed by atoms with Gasteiger partial charge < -0.3 is 19.3 Å². The molecule has 0 atom stereocenters. The van der Waals surface area contributed by atoms with Gasteiger partial charge in [-0.1, -0.05) is 55.3 Å². The number of esters is 1. The van der Waals surface area contributed by atoms with Crippen molar-refractivity contribution in [3.05, 3.63) is 64.3 Å². The first-order valence-corrected chi connectivity index (χ1v) is 11.4. The number of hydrogen-bond acceptors (Lipinski definition) is 6. The van der Waals surface area contributed by atoms with Gasteiger partial charge in [0.05, 0.1) is 12.3 Å². The van der Waals surface area contributed by atoms with Crippen LogP contribution in [0.1, 0.15) is 54.7 Å². The number of ether oxygens (including phenoxy) is 3. The quantitative estimate of drug-likeness (QED) is 0.405. The van der Waals surface area contributed by atoms with E-state index in [-0.39, 0.29) is 13.4 Å². The number of rotatable bonds is 8. The van der Waals surface area contributed by atoms with Crippen LogP contribution < -0.4 is 9.47 Å². The van der Waals surface area contributed by atoms with Crippen LogP contribution >= 0.6 is 11.6 Å². The molecule has 0 saturated heterocycles. The summed E-state index contributed by atoms with van der Waals surface area (Å²) in [6.45, 7) is 4.19. The maximum absolute atomic E-state index is 12.4. The molecule has 2 aromatic carbocycles. The number of aromatic nitrogens is 2. The maximum Gasteiger partial charge on any atom is 0.356 e. The largest absolute Gasteiger partial charge is 0.481 e. The minimum atomic E-state index is -0.693. The molecule has 0 bridgehead atoms. The molecule has 1 aromatic heterocycles. The number of fused-ring (bicyclic) bond motifs is 1. The van der Waals surface area contributed by atoms with E-state index in [0.29, 0.717) is 40.8 Å². The van der Waals surface area contributed by atoms with Crippen molar-refractivity contribution in [1.29, 1.82) is 0 Å². The van der Waals surface area contributed by atoms with Crippen molar-refractivity contribution < 1.29 is 28.9 Å². The highest BCUT2D eigenvalue weighted by Gasteiger charge is 2.24. The van der Waals surface area contributed by atoms with Gasteiger partial charge in [0.25, 0.3) is 0 Å². The summed E-state index contributed by atoms with van der Waals surface area (Å²) in [6.07, 6.45) is 2.47. The molecule has 0 fully saturated rings. The first-order chi connectivity index (χ1) is 16.4. The number of carboxylic acid groups (broad SMARTS) is 1. The lowest BCUT2D eigenvalue weighted by Gasteiger charge is -2.09. The number of halogens is 1. The summed E-state index contributed by atoms with van der Waals surface area (Å²) in [5.41, 5.74) is 3.44. The number of benzene rings is 2. The van der Waals surface area contributed by atoms with Crippen LogP contribution in [0.15, 0.2) is 42.5 Å². The van der Waals surface area contributed by atoms with Crippen LogP contribution in [0.3, 0.4) is 0 Å². The van der Waals surface area contributed by atoms with Gasteiger partial charge in [0.1, 0.15) is 5.69 Å². The number of H-pyrrole nitrogens is 1. The number of carboxylic acids is 1. The summed E-state index contributed by atoms with van der Waals surface area (Å²) in [5, 5.41) is 15.8. The molecule has 1 aliphatic heterocycles. The zero-order chi connectivity index (χ0) is 24.5. The second kappa shape index (κ2) is 12.1. The van der Waals surface area contributed by atoms with Crippen molar-refractivity contribution in [1.82, 2.24) is 10.2 Å². The van der Waals surface area contributed by atoms with Crippen LogP contribution in [0.25, 0.3) is 11.3 Å². The molecule has 0 radical (unpaired) electrons. The highest BCUT2D eigenvalue weighted by atomic mass is 35.5. The van der Waals surface area contributed by atoms with Gasteiger partial charge in [-0.2, -0.15) is 5.10 Å². The molecule has 180 valence electrons. The van der Waals surface area contributed by atoms with E-state index in [4.69, 9.17) is 30.9 Å². The standard InChI is InChI=1S/C20H17ClN2O4.C5H10O2/c1-2-25-20(24)19-14(18(22-23-19)12-6-4-3-5-7-12)8-13-9-16-17(10-15(13)21)27-11-26-16;1-2-3-4-5(6)7/h3-7,9-10H,2,8,11H2,1H3,(H,22,23);2-4H2,1H3,(H,6,7). The van der Waals surface area contributed by atoms with Crippen LogP contribution in [0.4, 0.5) is 0 Å². The minimum Gasteiger partial charge on any atom is -0.481 e. The molecule has 34 heavy (non-hydrogen) atoms. The van der Waals surface area contributed by atoms with Crippen molar-refractivity contribution in [3.63, 3.8) is 0 Å². The molecule has 0 aliphatic carbocycles. The molecule has 3 aromatic rings. The Morgan fingerprint density at radius 1 is 1.15 bits per heavy atom. The number of aromatic amines is 1. The average molecular weight is 487 g/mol. The topological polar surface area (TPSA) is 111 Å². The summed E-state index contributed by atoms with van der Waals surface area (Å²) in [7, 11) is 0. The average Bonchev–Trinajstić information content (AvgIpc) is 3.46. The van der Waals surface area contributed by atoms with Crippen molar-refractivity contribution in [3.8, 4) is 22.8 Å². The second-order valence-electron chi connectivity index (χ2n) is 7.48. The lowest BCUT2D eigenvalue weighted by atomic mass is 9.98. The first-order valence-electron chi connectivity index (χ1n) is 11.0. The molecule has 2 heterocycles. The minimum absolute atomic E-state index is 0.171. The SMILES string of the molecule is CCCCC(=O)O.CCOC(=O)c1[nH]nc(-c2ccccc2)c1Cc1cc2c(cc1Cl)OCO2. The van der Waals surface area contributed by atoms with Crippen LogP contribution in [0, 0.1) is 0 Å². The predicted octanol–water partition coefficient (Wildman–Crippen LogP) is 5.49. The number of nitrogens with one attached hydrogen (secondary N) is 1. The van der Waals surface area contributed by atoms with Gasteiger partial charge in [-0.15, -0.1) is 0 Å². The zero-order valence-electron chi connectivity index (χ0n) is 19.1. The van der Waals surface area contributed by atoms with E-state index in [9.17, 15) is 9.59 Å². The monoisotopic (exact) mass is 486 g/mol. The summed E-state index contributed by atoms with van der Waals surface area (Å²) in [6, 6.07) is 13.2. The molecule has 0 spiro atoms. The molecule has 2 N–H and O–H groups in total. The van der Waals surface area contributed by atoms with E-state index in [1.54, 1.807) is 13.0 Å². The van der Waals surface area contributed by atoms with Gasteiger partial charge in [0, 0.05) is 35.1 Å². The lowest BCUT2D eigenvalue weighted by molar-refractivity contribution is -0.137. The van der Waals surface area contributed by atoms with Crippen LogP contribution in [0.2, 0.25) is 5.02 Å². The Labute approximate surface area is 202 Å². The van der Waals surface area contributed by atoms with Gasteiger partial charge in [0.15, 0.2) is 11.5 Å². The second-order valence-corrected chi connectivity index (χ2v) is 7.89.